The Balaban J connectivity index is 2.18. The largest absolute Gasteiger partial charge is 0.465 e. The van der Waals surface area contributed by atoms with Crippen molar-refractivity contribution in [3.8, 4) is 17.6 Å². The van der Waals surface area contributed by atoms with E-state index < -0.39 is 11.9 Å². The highest BCUT2D eigenvalue weighted by atomic mass is 16.5. The minimum absolute atomic E-state index is 0.00347. The highest BCUT2D eigenvalue weighted by Crippen LogP contribution is 2.29. The van der Waals surface area contributed by atoms with Crippen LogP contribution in [0, 0.1) is 11.3 Å². The van der Waals surface area contributed by atoms with Gasteiger partial charge in [0, 0.05) is 5.39 Å². The van der Waals surface area contributed by atoms with Gasteiger partial charge in [0.1, 0.15) is 5.69 Å². The summed E-state index contributed by atoms with van der Waals surface area (Å²) in [5.41, 5.74) is 1.23. The molecule has 0 spiro atoms. The molecule has 8 nitrogen and oxygen atoms in total. The number of carbonyl (C=O) groups is 1. The van der Waals surface area contributed by atoms with Crippen LogP contribution in [0.15, 0.2) is 24.3 Å². The first kappa shape index (κ1) is 13.8. The van der Waals surface area contributed by atoms with Gasteiger partial charge in [-0.05, 0) is 13.0 Å². The van der Waals surface area contributed by atoms with Crippen LogP contribution in [-0.2, 0) is 9.53 Å². The Kier molecular flexibility index (Phi) is 3.31. The van der Waals surface area contributed by atoms with Crippen LogP contribution in [0.3, 0.4) is 0 Å². The number of aromatic nitrogens is 4. The van der Waals surface area contributed by atoms with E-state index in [1.165, 1.54) is 0 Å². The molecule has 0 saturated carbocycles. The van der Waals surface area contributed by atoms with Crippen LogP contribution in [0.1, 0.15) is 18.7 Å². The third kappa shape index (κ3) is 2.00. The van der Waals surface area contributed by atoms with Crippen molar-refractivity contribution in [1.82, 2.24) is 19.9 Å². The zero-order chi connectivity index (χ0) is 15.7. The number of nitrogens with two attached hydrogens (primary N) is 1. The first-order valence-electron chi connectivity index (χ1n) is 6.62. The van der Waals surface area contributed by atoms with Crippen LogP contribution in [0.25, 0.3) is 22.4 Å². The summed E-state index contributed by atoms with van der Waals surface area (Å²) >= 11 is 0. The summed E-state index contributed by atoms with van der Waals surface area (Å²) in [7, 11) is 0. The Bertz CT molecular complexity index is 866. The van der Waals surface area contributed by atoms with Crippen LogP contribution < -0.4 is 5.84 Å². The number of hydrogen-bond donors (Lipinski definition) is 1. The average molecular weight is 296 g/mol. The fourth-order valence-electron chi connectivity index (χ4n) is 2.22. The number of rotatable bonds is 3. The van der Waals surface area contributed by atoms with Crippen molar-refractivity contribution in [2.24, 2.45) is 0 Å². The topological polar surface area (TPSA) is 120 Å². The molecule has 2 heterocycles. The van der Waals surface area contributed by atoms with Crippen molar-refractivity contribution in [3.63, 3.8) is 0 Å². The fourth-order valence-corrected chi connectivity index (χ4v) is 2.22. The number of benzene rings is 1. The third-order valence-corrected chi connectivity index (χ3v) is 3.23. The average Bonchev–Trinajstić information content (AvgIpc) is 2.90. The van der Waals surface area contributed by atoms with E-state index in [0.29, 0.717) is 17.0 Å². The van der Waals surface area contributed by atoms with Crippen LogP contribution in [0.4, 0.5) is 0 Å². The zero-order valence-corrected chi connectivity index (χ0v) is 11.7. The zero-order valence-electron chi connectivity index (χ0n) is 11.7. The van der Waals surface area contributed by atoms with E-state index in [1.807, 2.05) is 30.3 Å². The first-order valence-corrected chi connectivity index (χ1v) is 6.62. The molecule has 0 saturated heterocycles. The van der Waals surface area contributed by atoms with Gasteiger partial charge in [0.05, 0.1) is 18.2 Å². The van der Waals surface area contributed by atoms with Crippen molar-refractivity contribution in [2.75, 3.05) is 12.4 Å². The van der Waals surface area contributed by atoms with Crippen LogP contribution in [-0.4, -0.2) is 32.4 Å². The maximum atomic E-state index is 11.8. The standard InChI is InChI=1S/C14H12N6O2/c1-2-22-14(21)9(7-15)12-19-18-11-8-5-3-4-6-10(8)17-13(11)20(12)16/h3-6,9H,2,16H2,1H3. The van der Waals surface area contributed by atoms with Crippen molar-refractivity contribution in [3.05, 3.63) is 30.1 Å². The maximum Gasteiger partial charge on any atom is 0.331 e. The lowest BCUT2D eigenvalue weighted by molar-refractivity contribution is -0.143. The van der Waals surface area contributed by atoms with Gasteiger partial charge >= 0.3 is 5.97 Å². The lowest BCUT2D eigenvalue weighted by Crippen LogP contribution is -2.27. The van der Waals surface area contributed by atoms with Gasteiger partial charge in [-0.2, -0.15) is 5.26 Å². The van der Waals surface area contributed by atoms with Crippen LogP contribution in [0.5, 0.6) is 0 Å². The van der Waals surface area contributed by atoms with Crippen molar-refractivity contribution >= 4 is 16.9 Å². The molecule has 3 rings (SSSR count). The molecular formula is C14H12N6O2. The van der Waals surface area contributed by atoms with Crippen molar-refractivity contribution in [2.45, 2.75) is 12.8 Å². The van der Waals surface area contributed by atoms with E-state index in [-0.39, 0.29) is 12.4 Å². The van der Waals surface area contributed by atoms with Crippen molar-refractivity contribution in [1.29, 1.82) is 5.26 Å². The quantitative estimate of drug-likeness (QED) is 0.561. The molecule has 0 fully saturated rings. The summed E-state index contributed by atoms with van der Waals surface area (Å²) in [5.74, 6) is 4.38. The summed E-state index contributed by atoms with van der Waals surface area (Å²) in [4.78, 5) is 16.2. The first-order chi connectivity index (χ1) is 10.7. The predicted molar refractivity (Wildman–Crippen MR) is 77.1 cm³/mol. The van der Waals surface area contributed by atoms with Crippen LogP contribution >= 0.6 is 0 Å². The number of esters is 1. The van der Waals surface area contributed by atoms with Crippen LogP contribution in [0.2, 0.25) is 0 Å². The summed E-state index contributed by atoms with van der Waals surface area (Å²) in [6, 6.07) is 9.22. The molecule has 8 heteroatoms. The number of carbonyl (C=O) groups excluding carboxylic acids is 1. The number of nitriles is 1. The second-order valence-electron chi connectivity index (χ2n) is 4.54. The third-order valence-electron chi connectivity index (χ3n) is 3.23. The minimum atomic E-state index is -1.25. The molecule has 1 aromatic rings. The fraction of sp³-hybridized carbons (Fsp3) is 0.214. The molecule has 0 radical (unpaired) electrons. The van der Waals surface area contributed by atoms with Gasteiger partial charge in [0.25, 0.3) is 0 Å². The molecule has 0 aliphatic carbocycles. The van der Waals surface area contributed by atoms with E-state index in [2.05, 4.69) is 15.2 Å². The lowest BCUT2D eigenvalue weighted by atomic mass is 10.1. The summed E-state index contributed by atoms with van der Waals surface area (Å²) in [5, 5.41) is 18.0. The monoisotopic (exact) mass is 296 g/mol. The predicted octanol–water partition coefficient (Wildman–Crippen LogP) is 0.815. The van der Waals surface area contributed by atoms with Gasteiger partial charge in [-0.1, -0.05) is 18.2 Å². The number of hydrogen-bond acceptors (Lipinski definition) is 7. The Morgan fingerprint density at radius 2 is 2.23 bits per heavy atom. The van der Waals surface area contributed by atoms with Gasteiger partial charge < -0.3 is 10.6 Å². The van der Waals surface area contributed by atoms with E-state index in [0.717, 1.165) is 10.1 Å². The van der Waals surface area contributed by atoms with Gasteiger partial charge in [-0.25, -0.2) is 9.66 Å². The highest BCUT2D eigenvalue weighted by Gasteiger charge is 2.29. The number of nitrogen functional groups attached to an aromatic ring is 1. The Morgan fingerprint density at radius 3 is 2.95 bits per heavy atom. The van der Waals surface area contributed by atoms with Gasteiger partial charge in [0.2, 0.25) is 5.92 Å². The Hall–Kier alpha value is -3.21. The van der Waals surface area contributed by atoms with Gasteiger partial charge in [-0.15, -0.1) is 10.2 Å². The molecule has 22 heavy (non-hydrogen) atoms. The SMILES string of the molecule is CCOC(=O)C(C#N)c1nnc2c3ccccc3nc-2n1N. The summed E-state index contributed by atoms with van der Waals surface area (Å²) in [6.45, 7) is 1.82. The van der Waals surface area contributed by atoms with E-state index in [1.54, 1.807) is 6.92 Å². The van der Waals surface area contributed by atoms with E-state index in [4.69, 9.17) is 10.6 Å². The second kappa shape index (κ2) is 5.29. The molecule has 0 amide bonds. The Morgan fingerprint density at radius 1 is 1.45 bits per heavy atom. The second-order valence-corrected chi connectivity index (χ2v) is 4.54. The number of nitrogens with zero attached hydrogens (tertiary/aromatic N) is 5. The molecule has 2 aliphatic heterocycles. The molecule has 1 unspecified atom stereocenters. The number of ether oxygens (including phenoxy) is 1. The van der Waals surface area contributed by atoms with Gasteiger partial charge in [0.15, 0.2) is 11.6 Å². The molecule has 1 aromatic carbocycles. The van der Waals surface area contributed by atoms with Gasteiger partial charge in [-0.3, -0.25) is 4.79 Å². The van der Waals surface area contributed by atoms with Crippen molar-refractivity contribution < 1.29 is 9.53 Å². The maximum absolute atomic E-state index is 11.8. The summed E-state index contributed by atoms with van der Waals surface area (Å²) in [6.07, 6.45) is 0. The normalized spacial score (nSPS) is 12.2. The molecule has 2 N–H and O–H groups in total. The molecule has 0 bridgehead atoms. The highest BCUT2D eigenvalue weighted by molar-refractivity contribution is 5.94. The van der Waals surface area contributed by atoms with E-state index >= 15 is 0 Å². The van der Waals surface area contributed by atoms with E-state index in [9.17, 15) is 10.1 Å². The minimum Gasteiger partial charge on any atom is -0.465 e. The summed E-state index contributed by atoms with van der Waals surface area (Å²) < 4.78 is 5.98. The molecule has 0 aromatic heterocycles. The number of fused-ring (bicyclic) bond motifs is 3. The molecular weight excluding hydrogens is 284 g/mol. The smallest absolute Gasteiger partial charge is 0.331 e. The molecule has 1 atom stereocenters. The Labute approximate surface area is 125 Å². The molecule has 2 aliphatic rings. The number of para-hydroxylation sites is 1. The lowest BCUT2D eigenvalue weighted by Gasteiger charge is -2.13. The molecule has 110 valence electrons.